The SMILES string of the molecule is COc1ccc(NC(=O)c2cncc(Nc3cccc(C#N)c3)c2)cc1OC. The zero-order chi connectivity index (χ0) is 19.9. The number of anilines is 3. The molecule has 0 spiro atoms. The number of methoxy groups -OCH3 is 2. The molecule has 1 amide bonds. The summed E-state index contributed by atoms with van der Waals surface area (Å²) in [6, 6.07) is 15.9. The molecule has 0 saturated carbocycles. The zero-order valence-corrected chi connectivity index (χ0v) is 15.4. The fourth-order valence-electron chi connectivity index (χ4n) is 2.58. The van der Waals surface area contributed by atoms with Gasteiger partial charge in [-0.25, -0.2) is 0 Å². The predicted octanol–water partition coefficient (Wildman–Crippen LogP) is 3.97. The average Bonchev–Trinajstić information content (AvgIpc) is 2.74. The number of amides is 1. The Hall–Kier alpha value is -4.05. The number of nitrogens with one attached hydrogen (secondary N) is 2. The third kappa shape index (κ3) is 4.37. The maximum Gasteiger partial charge on any atom is 0.257 e. The zero-order valence-electron chi connectivity index (χ0n) is 15.4. The van der Waals surface area contributed by atoms with E-state index in [1.807, 2.05) is 6.07 Å². The van der Waals surface area contributed by atoms with Crippen LogP contribution in [-0.2, 0) is 0 Å². The minimum absolute atomic E-state index is 0.311. The number of nitriles is 1. The van der Waals surface area contributed by atoms with Gasteiger partial charge in [-0.2, -0.15) is 5.26 Å². The Kier molecular flexibility index (Phi) is 5.72. The number of ether oxygens (including phenoxy) is 2. The first kappa shape index (κ1) is 18.7. The van der Waals surface area contributed by atoms with Crippen molar-refractivity contribution in [2.75, 3.05) is 24.9 Å². The van der Waals surface area contributed by atoms with Crippen molar-refractivity contribution in [3.05, 3.63) is 72.1 Å². The maximum atomic E-state index is 12.6. The van der Waals surface area contributed by atoms with E-state index in [9.17, 15) is 4.79 Å². The molecule has 0 aliphatic carbocycles. The van der Waals surface area contributed by atoms with Crippen molar-refractivity contribution in [2.24, 2.45) is 0 Å². The summed E-state index contributed by atoms with van der Waals surface area (Å²) in [5.74, 6) is 0.785. The fraction of sp³-hybridized carbons (Fsp3) is 0.0952. The van der Waals surface area contributed by atoms with Crippen LogP contribution in [0.1, 0.15) is 15.9 Å². The van der Waals surface area contributed by atoms with Crippen LogP contribution in [0.3, 0.4) is 0 Å². The van der Waals surface area contributed by atoms with Gasteiger partial charge in [0, 0.05) is 23.6 Å². The molecule has 0 unspecified atom stereocenters. The van der Waals surface area contributed by atoms with Crippen LogP contribution in [0.25, 0.3) is 0 Å². The molecule has 0 bridgehead atoms. The molecule has 0 fully saturated rings. The molecule has 3 aromatic rings. The highest BCUT2D eigenvalue weighted by Crippen LogP contribution is 2.30. The van der Waals surface area contributed by atoms with E-state index in [0.717, 1.165) is 5.69 Å². The number of aromatic nitrogens is 1. The van der Waals surface area contributed by atoms with Crippen LogP contribution in [-0.4, -0.2) is 25.1 Å². The summed E-state index contributed by atoms with van der Waals surface area (Å²) in [5, 5.41) is 14.9. The van der Waals surface area contributed by atoms with Gasteiger partial charge in [0.2, 0.25) is 0 Å². The van der Waals surface area contributed by atoms with Gasteiger partial charge in [-0.15, -0.1) is 0 Å². The van der Waals surface area contributed by atoms with E-state index in [1.165, 1.54) is 13.3 Å². The molecule has 1 aromatic heterocycles. The number of nitrogens with zero attached hydrogens (tertiary/aromatic N) is 2. The molecule has 0 saturated heterocycles. The Bertz CT molecular complexity index is 1040. The lowest BCUT2D eigenvalue weighted by atomic mass is 10.2. The van der Waals surface area contributed by atoms with Crippen LogP contribution in [0.2, 0.25) is 0 Å². The van der Waals surface area contributed by atoms with Gasteiger partial charge in [0.1, 0.15) is 0 Å². The average molecular weight is 374 g/mol. The molecule has 0 aliphatic heterocycles. The van der Waals surface area contributed by atoms with Gasteiger partial charge in [-0.3, -0.25) is 9.78 Å². The van der Waals surface area contributed by atoms with Crippen molar-refractivity contribution >= 4 is 23.0 Å². The number of rotatable bonds is 6. The van der Waals surface area contributed by atoms with Crippen LogP contribution in [0, 0.1) is 11.3 Å². The van der Waals surface area contributed by atoms with E-state index in [1.54, 1.807) is 55.8 Å². The van der Waals surface area contributed by atoms with E-state index in [2.05, 4.69) is 21.7 Å². The Morgan fingerprint density at radius 3 is 2.54 bits per heavy atom. The Morgan fingerprint density at radius 1 is 0.964 bits per heavy atom. The molecular weight excluding hydrogens is 356 g/mol. The van der Waals surface area contributed by atoms with E-state index in [4.69, 9.17) is 14.7 Å². The summed E-state index contributed by atoms with van der Waals surface area (Å²) in [7, 11) is 3.08. The second kappa shape index (κ2) is 8.56. The second-order valence-corrected chi connectivity index (χ2v) is 5.80. The molecule has 1 heterocycles. The summed E-state index contributed by atoms with van der Waals surface area (Å²) < 4.78 is 10.4. The highest BCUT2D eigenvalue weighted by atomic mass is 16.5. The number of hydrogen-bond acceptors (Lipinski definition) is 6. The standard InChI is InChI=1S/C21H18N4O3/c1-27-19-7-6-17(10-20(19)28-2)25-21(26)15-9-18(13-23-12-15)24-16-5-3-4-14(8-16)11-22/h3-10,12-13,24H,1-2H3,(H,25,26). The second-order valence-electron chi connectivity index (χ2n) is 5.80. The monoisotopic (exact) mass is 374 g/mol. The number of carbonyl (C=O) groups is 1. The Morgan fingerprint density at radius 2 is 1.79 bits per heavy atom. The van der Waals surface area contributed by atoms with Gasteiger partial charge in [0.15, 0.2) is 11.5 Å². The van der Waals surface area contributed by atoms with E-state index in [-0.39, 0.29) is 5.91 Å². The first-order chi connectivity index (χ1) is 13.6. The normalized spacial score (nSPS) is 9.89. The lowest BCUT2D eigenvalue weighted by Gasteiger charge is -2.11. The van der Waals surface area contributed by atoms with E-state index < -0.39 is 0 Å². The van der Waals surface area contributed by atoms with Gasteiger partial charge < -0.3 is 20.1 Å². The molecule has 0 radical (unpaired) electrons. The lowest BCUT2D eigenvalue weighted by molar-refractivity contribution is 0.102. The van der Waals surface area contributed by atoms with Crippen molar-refractivity contribution in [1.29, 1.82) is 5.26 Å². The number of pyridine rings is 1. The minimum atomic E-state index is -0.311. The summed E-state index contributed by atoms with van der Waals surface area (Å²) in [6.07, 6.45) is 3.08. The summed E-state index contributed by atoms with van der Waals surface area (Å²) in [4.78, 5) is 16.7. The van der Waals surface area contributed by atoms with E-state index >= 15 is 0 Å². The van der Waals surface area contributed by atoms with Gasteiger partial charge in [-0.1, -0.05) is 6.07 Å². The van der Waals surface area contributed by atoms with Crippen LogP contribution in [0.4, 0.5) is 17.1 Å². The first-order valence-electron chi connectivity index (χ1n) is 8.38. The molecule has 28 heavy (non-hydrogen) atoms. The van der Waals surface area contributed by atoms with Crippen molar-refractivity contribution in [3.8, 4) is 17.6 Å². The van der Waals surface area contributed by atoms with Gasteiger partial charge in [-0.05, 0) is 36.4 Å². The summed E-state index contributed by atoms with van der Waals surface area (Å²) in [6.45, 7) is 0. The molecule has 2 aromatic carbocycles. The number of hydrogen-bond donors (Lipinski definition) is 2. The predicted molar refractivity (Wildman–Crippen MR) is 106 cm³/mol. The Labute approximate surface area is 162 Å². The Balaban J connectivity index is 1.76. The molecule has 0 atom stereocenters. The molecule has 7 heteroatoms. The molecule has 7 nitrogen and oxygen atoms in total. The molecule has 2 N–H and O–H groups in total. The highest BCUT2D eigenvalue weighted by Gasteiger charge is 2.10. The van der Waals surface area contributed by atoms with Crippen molar-refractivity contribution < 1.29 is 14.3 Å². The van der Waals surface area contributed by atoms with Crippen LogP contribution >= 0.6 is 0 Å². The highest BCUT2D eigenvalue weighted by molar-refractivity contribution is 6.04. The third-order valence-electron chi connectivity index (χ3n) is 3.92. The lowest BCUT2D eigenvalue weighted by Crippen LogP contribution is -2.12. The summed E-state index contributed by atoms with van der Waals surface area (Å²) in [5.41, 5.74) is 2.87. The number of carbonyl (C=O) groups excluding carboxylic acids is 1. The molecule has 0 aliphatic rings. The van der Waals surface area contributed by atoms with E-state index in [0.29, 0.717) is 34.0 Å². The third-order valence-corrected chi connectivity index (χ3v) is 3.92. The topological polar surface area (TPSA) is 96.3 Å². The smallest absolute Gasteiger partial charge is 0.257 e. The quantitative estimate of drug-likeness (QED) is 0.678. The fourth-order valence-corrected chi connectivity index (χ4v) is 2.58. The minimum Gasteiger partial charge on any atom is -0.493 e. The van der Waals surface area contributed by atoms with Gasteiger partial charge >= 0.3 is 0 Å². The molecule has 3 rings (SSSR count). The summed E-state index contributed by atoms with van der Waals surface area (Å²) >= 11 is 0. The molecule has 140 valence electrons. The molecular formula is C21H18N4O3. The van der Waals surface area contributed by atoms with Crippen LogP contribution in [0.15, 0.2) is 60.9 Å². The number of benzene rings is 2. The van der Waals surface area contributed by atoms with Crippen molar-refractivity contribution in [1.82, 2.24) is 4.98 Å². The van der Waals surface area contributed by atoms with Crippen molar-refractivity contribution in [2.45, 2.75) is 0 Å². The maximum absolute atomic E-state index is 12.6. The van der Waals surface area contributed by atoms with Crippen LogP contribution < -0.4 is 20.1 Å². The van der Waals surface area contributed by atoms with Gasteiger partial charge in [0.05, 0.1) is 43.3 Å². The first-order valence-corrected chi connectivity index (χ1v) is 8.38. The van der Waals surface area contributed by atoms with Gasteiger partial charge in [0.25, 0.3) is 5.91 Å². The van der Waals surface area contributed by atoms with Crippen molar-refractivity contribution in [3.63, 3.8) is 0 Å². The largest absolute Gasteiger partial charge is 0.493 e. The van der Waals surface area contributed by atoms with Crippen LogP contribution in [0.5, 0.6) is 11.5 Å².